The minimum absolute atomic E-state index is 0.524. The molecule has 2 heterocycles. The lowest BCUT2D eigenvalue weighted by Gasteiger charge is -2.05. The molecule has 1 unspecified atom stereocenters. The van der Waals surface area contributed by atoms with E-state index in [-0.39, 0.29) is 0 Å². The molecule has 0 amide bonds. The van der Waals surface area contributed by atoms with Crippen LogP contribution in [0, 0.1) is 6.92 Å². The van der Waals surface area contributed by atoms with Gasteiger partial charge in [0.25, 0.3) is 0 Å². The summed E-state index contributed by atoms with van der Waals surface area (Å²) < 4.78 is 5.12. The van der Waals surface area contributed by atoms with Crippen LogP contribution in [0.25, 0.3) is 0 Å². The summed E-state index contributed by atoms with van der Waals surface area (Å²) in [5.74, 6) is 0.628. The highest BCUT2D eigenvalue weighted by molar-refractivity contribution is 7.09. The Bertz CT molecular complexity index is 408. The normalized spacial score (nSPS) is 12.9. The fourth-order valence-electron chi connectivity index (χ4n) is 1.40. The summed E-state index contributed by atoms with van der Waals surface area (Å²) in [6, 6.07) is 3.57. The first-order chi connectivity index (χ1) is 7.25. The third kappa shape index (κ3) is 2.67. The van der Waals surface area contributed by atoms with Crippen LogP contribution in [0.1, 0.15) is 29.0 Å². The van der Waals surface area contributed by atoms with Crippen molar-refractivity contribution in [2.24, 2.45) is 0 Å². The van der Waals surface area contributed by atoms with E-state index in [4.69, 9.17) is 4.42 Å². The third-order valence-electron chi connectivity index (χ3n) is 2.17. The van der Waals surface area contributed by atoms with Crippen molar-refractivity contribution in [3.8, 4) is 0 Å². The van der Waals surface area contributed by atoms with Crippen molar-refractivity contribution in [3.63, 3.8) is 0 Å². The van der Waals surface area contributed by atoms with Crippen LogP contribution in [0.15, 0.2) is 28.2 Å². The zero-order valence-corrected chi connectivity index (χ0v) is 9.33. The number of aromatic nitrogens is 1. The van der Waals surface area contributed by atoms with E-state index in [1.54, 1.807) is 29.7 Å². The van der Waals surface area contributed by atoms with Crippen LogP contribution < -0.4 is 0 Å². The molecule has 2 aromatic heterocycles. The zero-order valence-electron chi connectivity index (χ0n) is 8.51. The quantitative estimate of drug-likeness (QED) is 0.866. The molecule has 0 fully saturated rings. The fourth-order valence-corrected chi connectivity index (χ4v) is 2.19. The van der Waals surface area contributed by atoms with Gasteiger partial charge in [0, 0.05) is 17.5 Å². The molecule has 0 saturated heterocycles. The highest BCUT2D eigenvalue weighted by Crippen LogP contribution is 2.20. The van der Waals surface area contributed by atoms with Crippen LogP contribution in [0.3, 0.4) is 0 Å². The fraction of sp³-hybridized carbons (Fsp3) is 0.364. The second-order valence-corrected chi connectivity index (χ2v) is 4.40. The van der Waals surface area contributed by atoms with Crippen LogP contribution >= 0.6 is 11.3 Å². The molecule has 2 aromatic rings. The SMILES string of the molecule is Cc1csc(CCC(O)c2ccco2)n1. The summed E-state index contributed by atoms with van der Waals surface area (Å²) in [5.41, 5.74) is 1.04. The lowest BCUT2D eigenvalue weighted by molar-refractivity contribution is 0.140. The van der Waals surface area contributed by atoms with Crippen LogP contribution in [0.2, 0.25) is 0 Å². The molecule has 15 heavy (non-hydrogen) atoms. The number of hydrogen-bond donors (Lipinski definition) is 1. The van der Waals surface area contributed by atoms with Gasteiger partial charge < -0.3 is 9.52 Å². The Morgan fingerprint density at radius 1 is 1.60 bits per heavy atom. The van der Waals surface area contributed by atoms with Gasteiger partial charge in [0.05, 0.1) is 11.3 Å². The number of nitrogens with zero attached hydrogens (tertiary/aromatic N) is 1. The van der Waals surface area contributed by atoms with Gasteiger partial charge in [-0.2, -0.15) is 0 Å². The predicted octanol–water partition coefficient (Wildman–Crippen LogP) is 2.71. The minimum atomic E-state index is -0.524. The van der Waals surface area contributed by atoms with Crippen molar-refractivity contribution in [1.82, 2.24) is 4.98 Å². The molecule has 0 aliphatic carbocycles. The Morgan fingerprint density at radius 3 is 3.07 bits per heavy atom. The lowest BCUT2D eigenvalue weighted by atomic mass is 10.1. The van der Waals surface area contributed by atoms with E-state index in [2.05, 4.69) is 4.98 Å². The van der Waals surface area contributed by atoms with Gasteiger partial charge in [-0.1, -0.05) is 0 Å². The number of furan rings is 1. The van der Waals surface area contributed by atoms with Crippen LogP contribution in [0.5, 0.6) is 0 Å². The molecule has 0 spiro atoms. The van der Waals surface area contributed by atoms with Gasteiger partial charge in [-0.25, -0.2) is 4.98 Å². The number of aliphatic hydroxyl groups is 1. The molecule has 80 valence electrons. The zero-order chi connectivity index (χ0) is 10.7. The van der Waals surface area contributed by atoms with E-state index in [1.165, 1.54) is 0 Å². The lowest BCUT2D eigenvalue weighted by Crippen LogP contribution is -1.97. The van der Waals surface area contributed by atoms with Crippen LogP contribution in [0.4, 0.5) is 0 Å². The van der Waals surface area contributed by atoms with Crippen molar-refractivity contribution in [2.75, 3.05) is 0 Å². The standard InChI is InChI=1S/C11H13NO2S/c1-8-7-15-11(12-8)5-4-9(13)10-3-2-6-14-10/h2-3,6-7,9,13H,4-5H2,1H3. The number of aliphatic hydroxyl groups excluding tert-OH is 1. The number of thiazole rings is 1. The summed E-state index contributed by atoms with van der Waals surface area (Å²) >= 11 is 1.64. The van der Waals surface area contributed by atoms with E-state index >= 15 is 0 Å². The Labute approximate surface area is 92.4 Å². The van der Waals surface area contributed by atoms with Gasteiger partial charge in [-0.15, -0.1) is 11.3 Å². The molecule has 0 saturated carbocycles. The Kier molecular flexibility index (Phi) is 3.18. The van der Waals surface area contributed by atoms with Crippen LogP contribution in [-0.2, 0) is 6.42 Å². The first-order valence-electron chi connectivity index (χ1n) is 4.88. The van der Waals surface area contributed by atoms with Gasteiger partial charge >= 0.3 is 0 Å². The maximum absolute atomic E-state index is 9.76. The van der Waals surface area contributed by atoms with Gasteiger partial charge in [0.15, 0.2) is 0 Å². The summed E-state index contributed by atoms with van der Waals surface area (Å²) in [6.07, 6.45) is 2.50. The first kappa shape index (κ1) is 10.4. The topological polar surface area (TPSA) is 46.3 Å². The van der Waals surface area contributed by atoms with E-state index in [0.717, 1.165) is 17.1 Å². The smallest absolute Gasteiger partial charge is 0.132 e. The average Bonchev–Trinajstić information content (AvgIpc) is 2.84. The van der Waals surface area contributed by atoms with E-state index in [1.807, 2.05) is 12.3 Å². The molecule has 2 rings (SSSR count). The highest BCUT2D eigenvalue weighted by Gasteiger charge is 2.11. The molecule has 0 radical (unpaired) electrons. The molecular weight excluding hydrogens is 210 g/mol. The van der Waals surface area contributed by atoms with Gasteiger partial charge in [0.2, 0.25) is 0 Å². The van der Waals surface area contributed by atoms with Crippen molar-refractivity contribution in [3.05, 3.63) is 40.2 Å². The van der Waals surface area contributed by atoms with Crippen molar-refractivity contribution >= 4 is 11.3 Å². The predicted molar refractivity (Wildman–Crippen MR) is 58.8 cm³/mol. The molecule has 1 atom stereocenters. The maximum Gasteiger partial charge on any atom is 0.132 e. The minimum Gasteiger partial charge on any atom is -0.467 e. The van der Waals surface area contributed by atoms with Crippen molar-refractivity contribution < 1.29 is 9.52 Å². The second-order valence-electron chi connectivity index (χ2n) is 3.45. The summed E-state index contributed by atoms with van der Waals surface area (Å²) in [4.78, 5) is 4.34. The molecule has 0 bridgehead atoms. The van der Waals surface area contributed by atoms with E-state index < -0.39 is 6.10 Å². The van der Waals surface area contributed by atoms with E-state index in [0.29, 0.717) is 12.2 Å². The number of rotatable bonds is 4. The summed E-state index contributed by atoms with van der Waals surface area (Å²) in [6.45, 7) is 1.98. The third-order valence-corrected chi connectivity index (χ3v) is 3.20. The number of hydrogen-bond acceptors (Lipinski definition) is 4. The Morgan fingerprint density at radius 2 is 2.47 bits per heavy atom. The molecule has 0 aliphatic rings. The average molecular weight is 223 g/mol. The molecule has 4 heteroatoms. The van der Waals surface area contributed by atoms with Gasteiger partial charge in [0.1, 0.15) is 11.9 Å². The first-order valence-corrected chi connectivity index (χ1v) is 5.76. The Balaban J connectivity index is 1.88. The Hall–Kier alpha value is -1.13. The molecular formula is C11H13NO2S. The highest BCUT2D eigenvalue weighted by atomic mass is 32.1. The van der Waals surface area contributed by atoms with Gasteiger partial charge in [-0.3, -0.25) is 0 Å². The largest absolute Gasteiger partial charge is 0.467 e. The van der Waals surface area contributed by atoms with Crippen LogP contribution in [-0.4, -0.2) is 10.1 Å². The number of aryl methyl sites for hydroxylation is 2. The molecule has 1 N–H and O–H groups in total. The van der Waals surface area contributed by atoms with Gasteiger partial charge in [-0.05, 0) is 25.5 Å². The van der Waals surface area contributed by atoms with E-state index in [9.17, 15) is 5.11 Å². The molecule has 0 aliphatic heterocycles. The van der Waals surface area contributed by atoms with Crippen molar-refractivity contribution in [2.45, 2.75) is 25.9 Å². The summed E-state index contributed by atoms with van der Waals surface area (Å²) in [5, 5.41) is 12.9. The summed E-state index contributed by atoms with van der Waals surface area (Å²) in [7, 11) is 0. The van der Waals surface area contributed by atoms with Crippen molar-refractivity contribution in [1.29, 1.82) is 0 Å². The maximum atomic E-state index is 9.76. The molecule has 0 aromatic carbocycles. The monoisotopic (exact) mass is 223 g/mol. The second kappa shape index (κ2) is 4.59. The molecule has 3 nitrogen and oxygen atoms in total.